The number of fused-ring (bicyclic) bond motifs is 2. The van der Waals surface area contributed by atoms with E-state index < -0.39 is 0 Å². The first-order chi connectivity index (χ1) is 10.3. The molecule has 2 amide bonds. The second-order valence-electron chi connectivity index (χ2n) is 8.09. The SMILES string of the molecule is CC1(C)CC2CC(C)(CN2C(=O)NCc2ccccc2F)C1. The quantitative estimate of drug-likeness (QED) is 0.882. The fraction of sp³-hybridized carbons (Fsp3) is 0.611. The highest BCUT2D eigenvalue weighted by Crippen LogP contribution is 2.52. The van der Waals surface area contributed by atoms with E-state index in [-0.39, 0.29) is 29.2 Å². The zero-order valence-electron chi connectivity index (χ0n) is 13.7. The van der Waals surface area contributed by atoms with Gasteiger partial charge in [0.1, 0.15) is 5.82 Å². The molecule has 1 aromatic carbocycles. The first kappa shape index (κ1) is 15.3. The van der Waals surface area contributed by atoms with Gasteiger partial charge in [-0.05, 0) is 36.2 Å². The van der Waals surface area contributed by atoms with Gasteiger partial charge in [-0.2, -0.15) is 0 Å². The average molecular weight is 304 g/mol. The zero-order chi connectivity index (χ0) is 16.0. The number of halogens is 1. The Morgan fingerprint density at radius 2 is 2.05 bits per heavy atom. The standard InChI is InChI=1S/C18H25FN2O/c1-17(2)8-14-9-18(3,11-17)12-21(14)16(22)20-10-13-6-4-5-7-15(13)19/h4-7,14H,8-12H2,1-3H3,(H,20,22). The molecule has 22 heavy (non-hydrogen) atoms. The van der Waals surface area contributed by atoms with Gasteiger partial charge in [0, 0.05) is 24.7 Å². The van der Waals surface area contributed by atoms with Crippen LogP contribution in [-0.2, 0) is 6.54 Å². The predicted octanol–water partition coefficient (Wildman–Crippen LogP) is 3.94. The van der Waals surface area contributed by atoms with Crippen LogP contribution in [0, 0.1) is 16.6 Å². The molecule has 2 atom stereocenters. The topological polar surface area (TPSA) is 32.3 Å². The normalized spacial score (nSPS) is 29.5. The highest BCUT2D eigenvalue weighted by atomic mass is 19.1. The second kappa shape index (κ2) is 5.25. The average Bonchev–Trinajstić information content (AvgIpc) is 2.67. The molecule has 0 spiro atoms. The van der Waals surface area contributed by atoms with E-state index >= 15 is 0 Å². The summed E-state index contributed by atoms with van der Waals surface area (Å²) in [7, 11) is 0. The number of carbonyl (C=O) groups excluding carboxylic acids is 1. The Bertz CT molecular complexity index is 586. The number of nitrogens with zero attached hydrogens (tertiary/aromatic N) is 1. The van der Waals surface area contributed by atoms with Gasteiger partial charge < -0.3 is 10.2 Å². The molecule has 2 bridgehead atoms. The maximum Gasteiger partial charge on any atom is 0.317 e. The summed E-state index contributed by atoms with van der Waals surface area (Å²) in [5.74, 6) is -0.268. The number of amides is 2. The van der Waals surface area contributed by atoms with Crippen LogP contribution in [0.3, 0.4) is 0 Å². The lowest BCUT2D eigenvalue weighted by Gasteiger charge is -2.39. The van der Waals surface area contributed by atoms with Crippen molar-refractivity contribution in [3.63, 3.8) is 0 Å². The van der Waals surface area contributed by atoms with E-state index in [4.69, 9.17) is 0 Å². The summed E-state index contributed by atoms with van der Waals surface area (Å²) in [4.78, 5) is 14.5. The molecule has 1 N–H and O–H groups in total. The number of nitrogens with one attached hydrogen (secondary N) is 1. The molecule has 0 radical (unpaired) electrons. The van der Waals surface area contributed by atoms with Crippen molar-refractivity contribution in [2.24, 2.45) is 10.8 Å². The molecule has 3 rings (SSSR count). The third-order valence-electron chi connectivity index (χ3n) is 5.06. The summed E-state index contributed by atoms with van der Waals surface area (Å²) in [5, 5.41) is 2.89. The first-order valence-electron chi connectivity index (χ1n) is 8.06. The molecule has 1 saturated heterocycles. The Kier molecular flexibility index (Phi) is 3.66. The van der Waals surface area contributed by atoms with Crippen molar-refractivity contribution in [2.75, 3.05) is 6.54 Å². The molecule has 1 saturated carbocycles. The Hall–Kier alpha value is -1.58. The van der Waals surface area contributed by atoms with E-state index in [1.54, 1.807) is 18.2 Å². The Morgan fingerprint density at radius 3 is 2.77 bits per heavy atom. The lowest BCUT2D eigenvalue weighted by Crippen LogP contribution is -2.43. The number of likely N-dealkylation sites (tertiary alicyclic amines) is 1. The van der Waals surface area contributed by atoms with E-state index in [1.807, 2.05) is 4.90 Å². The largest absolute Gasteiger partial charge is 0.334 e. The third kappa shape index (κ3) is 2.96. The molecule has 4 heteroatoms. The van der Waals surface area contributed by atoms with Crippen LogP contribution in [0.5, 0.6) is 0 Å². The number of carbonyl (C=O) groups is 1. The molecule has 2 unspecified atom stereocenters. The zero-order valence-corrected chi connectivity index (χ0v) is 13.7. The number of urea groups is 1. The maximum absolute atomic E-state index is 13.6. The minimum Gasteiger partial charge on any atom is -0.334 e. The van der Waals surface area contributed by atoms with Crippen molar-refractivity contribution >= 4 is 6.03 Å². The minimum absolute atomic E-state index is 0.0605. The minimum atomic E-state index is -0.268. The summed E-state index contributed by atoms with van der Waals surface area (Å²) in [6, 6.07) is 6.84. The summed E-state index contributed by atoms with van der Waals surface area (Å²) >= 11 is 0. The number of benzene rings is 1. The van der Waals surface area contributed by atoms with E-state index in [1.165, 1.54) is 6.07 Å². The van der Waals surface area contributed by atoms with Crippen molar-refractivity contribution in [1.29, 1.82) is 0 Å². The van der Waals surface area contributed by atoms with E-state index in [0.29, 0.717) is 11.6 Å². The molecular weight excluding hydrogens is 279 g/mol. The molecule has 1 aromatic rings. The van der Waals surface area contributed by atoms with Crippen LogP contribution in [-0.4, -0.2) is 23.5 Å². The van der Waals surface area contributed by atoms with Gasteiger partial charge in [0.25, 0.3) is 0 Å². The Morgan fingerprint density at radius 1 is 1.32 bits per heavy atom. The predicted molar refractivity (Wildman–Crippen MR) is 84.9 cm³/mol. The maximum atomic E-state index is 13.6. The highest BCUT2D eigenvalue weighted by molar-refractivity contribution is 5.75. The van der Waals surface area contributed by atoms with Crippen LogP contribution < -0.4 is 5.32 Å². The van der Waals surface area contributed by atoms with Crippen LogP contribution in [0.4, 0.5) is 9.18 Å². The molecule has 2 fully saturated rings. The lowest BCUT2D eigenvalue weighted by molar-refractivity contribution is 0.129. The van der Waals surface area contributed by atoms with Crippen molar-refractivity contribution in [1.82, 2.24) is 10.2 Å². The molecule has 0 aromatic heterocycles. The Balaban J connectivity index is 1.65. The first-order valence-corrected chi connectivity index (χ1v) is 8.06. The van der Waals surface area contributed by atoms with Crippen LogP contribution in [0.15, 0.2) is 24.3 Å². The fourth-order valence-corrected chi connectivity index (χ4v) is 4.61. The fourth-order valence-electron chi connectivity index (χ4n) is 4.61. The van der Waals surface area contributed by atoms with E-state index in [9.17, 15) is 9.18 Å². The van der Waals surface area contributed by atoms with Crippen molar-refractivity contribution in [2.45, 2.75) is 52.6 Å². The molecule has 2 aliphatic rings. The van der Waals surface area contributed by atoms with E-state index in [2.05, 4.69) is 26.1 Å². The van der Waals surface area contributed by atoms with Crippen molar-refractivity contribution < 1.29 is 9.18 Å². The van der Waals surface area contributed by atoms with Crippen LogP contribution in [0.1, 0.15) is 45.6 Å². The van der Waals surface area contributed by atoms with Gasteiger partial charge in [-0.1, -0.05) is 39.0 Å². The monoisotopic (exact) mass is 304 g/mol. The van der Waals surface area contributed by atoms with Crippen molar-refractivity contribution in [3.8, 4) is 0 Å². The van der Waals surface area contributed by atoms with Gasteiger partial charge in [0.15, 0.2) is 0 Å². The highest BCUT2D eigenvalue weighted by Gasteiger charge is 2.50. The Labute approximate surface area is 131 Å². The molecule has 1 heterocycles. The lowest BCUT2D eigenvalue weighted by atomic mass is 9.65. The molecule has 3 nitrogen and oxygen atoms in total. The van der Waals surface area contributed by atoms with Crippen molar-refractivity contribution in [3.05, 3.63) is 35.6 Å². The molecule has 1 aliphatic heterocycles. The number of hydrogen-bond donors (Lipinski definition) is 1. The molecule has 1 aliphatic carbocycles. The second-order valence-corrected chi connectivity index (χ2v) is 8.09. The summed E-state index contributed by atoms with van der Waals surface area (Å²) in [6.45, 7) is 7.92. The van der Waals surface area contributed by atoms with Gasteiger partial charge in [-0.25, -0.2) is 9.18 Å². The number of hydrogen-bond acceptors (Lipinski definition) is 1. The van der Waals surface area contributed by atoms with Gasteiger partial charge in [-0.3, -0.25) is 0 Å². The summed E-state index contributed by atoms with van der Waals surface area (Å²) in [6.07, 6.45) is 3.30. The van der Waals surface area contributed by atoms with Gasteiger partial charge >= 0.3 is 6.03 Å². The van der Waals surface area contributed by atoms with Gasteiger partial charge in [-0.15, -0.1) is 0 Å². The summed E-state index contributed by atoms with van der Waals surface area (Å²) in [5.41, 5.74) is 1.05. The van der Waals surface area contributed by atoms with Crippen LogP contribution >= 0.6 is 0 Å². The molecular formula is C18H25FN2O. The molecule has 120 valence electrons. The number of rotatable bonds is 2. The third-order valence-corrected chi connectivity index (χ3v) is 5.06. The van der Waals surface area contributed by atoms with E-state index in [0.717, 1.165) is 25.8 Å². The van der Waals surface area contributed by atoms with Gasteiger partial charge in [0.05, 0.1) is 0 Å². The van der Waals surface area contributed by atoms with Crippen LogP contribution in [0.2, 0.25) is 0 Å². The van der Waals surface area contributed by atoms with Crippen LogP contribution in [0.25, 0.3) is 0 Å². The summed E-state index contributed by atoms with van der Waals surface area (Å²) < 4.78 is 13.6. The van der Waals surface area contributed by atoms with Gasteiger partial charge in [0.2, 0.25) is 0 Å². The smallest absolute Gasteiger partial charge is 0.317 e.